The first-order valence-corrected chi connectivity index (χ1v) is 10.8. The second kappa shape index (κ2) is 9.75. The Morgan fingerprint density at radius 3 is 2.09 bits per heavy atom. The van der Waals surface area contributed by atoms with Gasteiger partial charge in [0.15, 0.2) is 0 Å². The number of rotatable bonds is 6. The molecule has 0 unspecified atom stereocenters. The minimum Gasteiger partial charge on any atom is -0.267 e. The summed E-state index contributed by atoms with van der Waals surface area (Å²) in [4.78, 5) is 16.2. The SMILES string of the molecule is O=C(N/N=C\c1cn(-c2ccccc2)nc1-c1ccc(-c2ccccc2)cc1)c1ccncc1. The molecule has 0 aliphatic heterocycles. The van der Waals surface area contributed by atoms with Crippen molar-refractivity contribution in [2.45, 2.75) is 0 Å². The number of pyridine rings is 1. The zero-order chi connectivity index (χ0) is 23.2. The van der Waals surface area contributed by atoms with Gasteiger partial charge in [0.2, 0.25) is 0 Å². The van der Waals surface area contributed by atoms with Gasteiger partial charge in [-0.25, -0.2) is 10.1 Å². The van der Waals surface area contributed by atoms with Crippen LogP contribution in [0.15, 0.2) is 121 Å². The van der Waals surface area contributed by atoms with Gasteiger partial charge in [0, 0.05) is 35.3 Å². The maximum Gasteiger partial charge on any atom is 0.271 e. The molecule has 0 aliphatic rings. The highest BCUT2D eigenvalue weighted by Gasteiger charge is 2.12. The largest absolute Gasteiger partial charge is 0.271 e. The number of nitrogens with zero attached hydrogens (tertiary/aromatic N) is 4. The van der Waals surface area contributed by atoms with E-state index < -0.39 is 0 Å². The molecular formula is C28H21N5O. The number of carbonyl (C=O) groups excluding carboxylic acids is 1. The van der Waals surface area contributed by atoms with Crippen molar-refractivity contribution in [3.63, 3.8) is 0 Å². The van der Waals surface area contributed by atoms with E-state index in [-0.39, 0.29) is 5.91 Å². The molecule has 0 spiro atoms. The normalized spacial score (nSPS) is 10.9. The molecule has 0 bridgehead atoms. The lowest BCUT2D eigenvalue weighted by molar-refractivity contribution is 0.0955. The third-order valence-electron chi connectivity index (χ3n) is 5.34. The molecule has 2 heterocycles. The summed E-state index contributed by atoms with van der Waals surface area (Å²) in [5.41, 5.74) is 8.79. The lowest BCUT2D eigenvalue weighted by Crippen LogP contribution is -2.17. The van der Waals surface area contributed by atoms with Crippen LogP contribution in [0, 0.1) is 0 Å². The fraction of sp³-hybridized carbons (Fsp3) is 0. The fourth-order valence-electron chi connectivity index (χ4n) is 3.60. The summed E-state index contributed by atoms with van der Waals surface area (Å²) in [5, 5.41) is 8.99. The number of amides is 1. The Labute approximate surface area is 197 Å². The Balaban J connectivity index is 1.46. The van der Waals surface area contributed by atoms with E-state index >= 15 is 0 Å². The topological polar surface area (TPSA) is 72.2 Å². The van der Waals surface area contributed by atoms with Crippen molar-refractivity contribution < 1.29 is 4.79 Å². The zero-order valence-electron chi connectivity index (χ0n) is 18.2. The summed E-state index contributed by atoms with van der Waals surface area (Å²) in [6.45, 7) is 0. The van der Waals surface area contributed by atoms with Crippen LogP contribution in [0.25, 0.3) is 28.1 Å². The molecule has 0 aliphatic carbocycles. The van der Waals surface area contributed by atoms with Crippen LogP contribution >= 0.6 is 0 Å². The first kappa shape index (κ1) is 21.0. The molecule has 2 aromatic heterocycles. The van der Waals surface area contributed by atoms with E-state index in [1.54, 1.807) is 30.7 Å². The maximum absolute atomic E-state index is 12.3. The van der Waals surface area contributed by atoms with Crippen LogP contribution in [-0.4, -0.2) is 26.9 Å². The Morgan fingerprint density at radius 2 is 1.38 bits per heavy atom. The third-order valence-corrected chi connectivity index (χ3v) is 5.34. The molecule has 3 aromatic carbocycles. The molecule has 6 heteroatoms. The summed E-state index contributed by atoms with van der Waals surface area (Å²) >= 11 is 0. The average molecular weight is 444 g/mol. The first-order chi connectivity index (χ1) is 16.8. The highest BCUT2D eigenvalue weighted by atomic mass is 16.2. The highest BCUT2D eigenvalue weighted by Crippen LogP contribution is 2.26. The van der Waals surface area contributed by atoms with Gasteiger partial charge >= 0.3 is 0 Å². The fourth-order valence-corrected chi connectivity index (χ4v) is 3.60. The van der Waals surface area contributed by atoms with Gasteiger partial charge in [-0.05, 0) is 35.4 Å². The molecule has 0 atom stereocenters. The number of hydrogen-bond acceptors (Lipinski definition) is 4. The van der Waals surface area contributed by atoms with E-state index in [1.807, 2.05) is 71.5 Å². The maximum atomic E-state index is 12.3. The van der Waals surface area contributed by atoms with E-state index in [0.29, 0.717) is 5.56 Å². The molecule has 6 nitrogen and oxygen atoms in total. The van der Waals surface area contributed by atoms with Crippen molar-refractivity contribution in [1.29, 1.82) is 0 Å². The van der Waals surface area contributed by atoms with Crippen LogP contribution in [0.3, 0.4) is 0 Å². The standard InChI is InChI=1S/C28H21N5O/c34-28(24-15-17-29-18-16-24)31-30-19-25-20-33(26-9-5-2-6-10-26)32-27(25)23-13-11-22(12-14-23)21-7-3-1-4-8-21/h1-20H,(H,31,34)/b30-19-. The number of hydrogen-bond donors (Lipinski definition) is 1. The summed E-state index contributed by atoms with van der Waals surface area (Å²) in [6.07, 6.45) is 6.66. The summed E-state index contributed by atoms with van der Waals surface area (Å²) in [7, 11) is 0. The molecule has 164 valence electrons. The van der Waals surface area contributed by atoms with E-state index in [9.17, 15) is 4.79 Å². The van der Waals surface area contributed by atoms with E-state index in [2.05, 4.69) is 39.8 Å². The number of hydrazone groups is 1. The Morgan fingerprint density at radius 1 is 0.765 bits per heavy atom. The van der Waals surface area contributed by atoms with Gasteiger partial charge in [0.1, 0.15) is 5.69 Å². The molecule has 0 radical (unpaired) electrons. The highest BCUT2D eigenvalue weighted by molar-refractivity contribution is 5.95. The lowest BCUT2D eigenvalue weighted by Gasteiger charge is -2.04. The van der Waals surface area contributed by atoms with Crippen molar-refractivity contribution in [2.75, 3.05) is 0 Å². The Kier molecular flexibility index (Phi) is 6.03. The smallest absolute Gasteiger partial charge is 0.267 e. The van der Waals surface area contributed by atoms with Crippen molar-refractivity contribution in [3.05, 3.63) is 127 Å². The summed E-state index contributed by atoms with van der Waals surface area (Å²) < 4.78 is 1.81. The van der Waals surface area contributed by atoms with Crippen LogP contribution in [0.5, 0.6) is 0 Å². The number of para-hydroxylation sites is 1. The average Bonchev–Trinajstić information content (AvgIpc) is 3.34. The minimum atomic E-state index is -0.303. The summed E-state index contributed by atoms with van der Waals surface area (Å²) in [6, 6.07) is 31.6. The molecule has 34 heavy (non-hydrogen) atoms. The third kappa shape index (κ3) is 4.66. The van der Waals surface area contributed by atoms with Gasteiger partial charge < -0.3 is 0 Å². The van der Waals surface area contributed by atoms with Crippen LogP contribution < -0.4 is 5.43 Å². The van der Waals surface area contributed by atoms with E-state index in [1.165, 1.54) is 0 Å². The molecule has 0 saturated carbocycles. The van der Waals surface area contributed by atoms with Crippen molar-refractivity contribution in [2.24, 2.45) is 5.10 Å². The molecule has 0 fully saturated rings. The van der Waals surface area contributed by atoms with Gasteiger partial charge in [-0.15, -0.1) is 0 Å². The minimum absolute atomic E-state index is 0.303. The predicted octanol–water partition coefficient (Wildman–Crippen LogP) is 5.37. The molecule has 5 aromatic rings. The Bertz CT molecular complexity index is 1410. The van der Waals surface area contributed by atoms with Crippen molar-refractivity contribution >= 4 is 12.1 Å². The molecular weight excluding hydrogens is 422 g/mol. The molecule has 0 saturated heterocycles. The van der Waals surface area contributed by atoms with Crippen molar-refractivity contribution in [1.82, 2.24) is 20.2 Å². The second-order valence-corrected chi connectivity index (χ2v) is 7.59. The predicted molar refractivity (Wildman–Crippen MR) is 134 cm³/mol. The first-order valence-electron chi connectivity index (χ1n) is 10.8. The van der Waals surface area contributed by atoms with Crippen LogP contribution in [-0.2, 0) is 0 Å². The van der Waals surface area contributed by atoms with E-state index in [0.717, 1.165) is 33.6 Å². The quantitative estimate of drug-likeness (QED) is 0.283. The second-order valence-electron chi connectivity index (χ2n) is 7.59. The number of aromatic nitrogens is 3. The zero-order valence-corrected chi connectivity index (χ0v) is 18.2. The van der Waals surface area contributed by atoms with E-state index in [4.69, 9.17) is 5.10 Å². The van der Waals surface area contributed by atoms with Gasteiger partial charge in [-0.3, -0.25) is 9.78 Å². The molecule has 1 N–H and O–H groups in total. The van der Waals surface area contributed by atoms with Crippen molar-refractivity contribution in [3.8, 4) is 28.1 Å². The van der Waals surface area contributed by atoms with Crippen LogP contribution in [0.4, 0.5) is 0 Å². The van der Waals surface area contributed by atoms with Gasteiger partial charge in [0.25, 0.3) is 5.91 Å². The molecule has 5 rings (SSSR count). The van der Waals surface area contributed by atoms with Gasteiger partial charge in [0.05, 0.1) is 11.9 Å². The van der Waals surface area contributed by atoms with Gasteiger partial charge in [-0.1, -0.05) is 72.8 Å². The van der Waals surface area contributed by atoms with Gasteiger partial charge in [-0.2, -0.15) is 10.2 Å². The van der Waals surface area contributed by atoms with Crippen LogP contribution in [0.1, 0.15) is 15.9 Å². The lowest BCUT2D eigenvalue weighted by atomic mass is 10.0. The Hall–Kier alpha value is -4.84. The number of nitrogens with one attached hydrogen (secondary N) is 1. The van der Waals surface area contributed by atoms with Crippen LogP contribution in [0.2, 0.25) is 0 Å². The monoisotopic (exact) mass is 443 g/mol. The summed E-state index contributed by atoms with van der Waals surface area (Å²) in [5.74, 6) is -0.303. The number of benzene rings is 3. The molecule has 1 amide bonds. The number of carbonyl (C=O) groups is 1.